The van der Waals surface area contributed by atoms with Gasteiger partial charge in [0.05, 0.1) is 12.0 Å². The molecule has 1 saturated heterocycles. The summed E-state index contributed by atoms with van der Waals surface area (Å²) in [5.41, 5.74) is 1.61. The minimum Gasteiger partial charge on any atom is -0.497 e. The zero-order valence-corrected chi connectivity index (χ0v) is 18.0. The molecular formula is C21H25N3O5S. The van der Waals surface area contributed by atoms with Gasteiger partial charge in [-0.2, -0.15) is 4.31 Å². The van der Waals surface area contributed by atoms with Crippen LogP contribution in [-0.4, -0.2) is 44.2 Å². The van der Waals surface area contributed by atoms with Crippen LogP contribution in [0.3, 0.4) is 0 Å². The zero-order chi connectivity index (χ0) is 21.9. The first-order valence-electron chi connectivity index (χ1n) is 9.57. The third kappa shape index (κ3) is 4.63. The largest absolute Gasteiger partial charge is 0.497 e. The standard InChI is InChI=1S/C21H25N3O5S/c1-14-9-10-18(29-3)13-20(14)30(27,28)24-11-5-8-19(24)21(26)23-17-7-4-6-16(12-17)22-15(2)25/h4,6-7,9-10,12-13,19H,5,8,11H2,1-3H3,(H,22,25)(H,23,26). The highest BCUT2D eigenvalue weighted by Crippen LogP contribution is 2.30. The van der Waals surface area contributed by atoms with E-state index in [1.807, 2.05) is 0 Å². The lowest BCUT2D eigenvalue weighted by molar-refractivity contribution is -0.119. The van der Waals surface area contributed by atoms with Gasteiger partial charge in [0, 0.05) is 30.9 Å². The lowest BCUT2D eigenvalue weighted by atomic mass is 10.2. The average molecular weight is 432 g/mol. The summed E-state index contributed by atoms with van der Waals surface area (Å²) in [7, 11) is -2.40. The number of amides is 2. The fourth-order valence-electron chi connectivity index (χ4n) is 3.51. The molecule has 0 spiro atoms. The van der Waals surface area contributed by atoms with Crippen LogP contribution in [0.5, 0.6) is 5.75 Å². The Labute approximate surface area is 176 Å². The summed E-state index contributed by atoms with van der Waals surface area (Å²) in [5.74, 6) is -0.189. The van der Waals surface area contributed by atoms with Crippen molar-refractivity contribution in [1.82, 2.24) is 4.31 Å². The molecule has 3 rings (SSSR count). The van der Waals surface area contributed by atoms with Crippen molar-refractivity contribution in [3.8, 4) is 5.75 Å². The minimum atomic E-state index is -3.88. The monoisotopic (exact) mass is 431 g/mol. The molecule has 0 aromatic heterocycles. The summed E-state index contributed by atoms with van der Waals surface area (Å²) < 4.78 is 33.0. The molecule has 2 amide bonds. The number of rotatable bonds is 6. The molecule has 2 N–H and O–H groups in total. The number of benzene rings is 2. The first kappa shape index (κ1) is 21.8. The SMILES string of the molecule is COc1ccc(C)c(S(=O)(=O)N2CCCC2C(=O)Nc2cccc(NC(C)=O)c2)c1. The molecule has 1 unspecified atom stereocenters. The zero-order valence-electron chi connectivity index (χ0n) is 17.1. The van der Waals surface area contributed by atoms with Gasteiger partial charge in [0.25, 0.3) is 0 Å². The van der Waals surface area contributed by atoms with E-state index in [4.69, 9.17) is 4.74 Å². The first-order valence-corrected chi connectivity index (χ1v) is 11.0. The Kier molecular flexibility index (Phi) is 6.42. The Morgan fingerprint density at radius 2 is 1.80 bits per heavy atom. The van der Waals surface area contributed by atoms with Gasteiger partial charge in [0.2, 0.25) is 21.8 Å². The highest BCUT2D eigenvalue weighted by atomic mass is 32.2. The van der Waals surface area contributed by atoms with Crippen molar-refractivity contribution < 1.29 is 22.7 Å². The molecule has 2 aromatic carbocycles. The number of aryl methyl sites for hydroxylation is 1. The fraction of sp³-hybridized carbons (Fsp3) is 0.333. The molecule has 0 aliphatic carbocycles. The summed E-state index contributed by atoms with van der Waals surface area (Å²) in [4.78, 5) is 24.3. The molecule has 0 radical (unpaired) electrons. The molecule has 9 heteroatoms. The topological polar surface area (TPSA) is 105 Å². The van der Waals surface area contributed by atoms with E-state index in [1.54, 1.807) is 43.3 Å². The summed E-state index contributed by atoms with van der Waals surface area (Å²) in [6, 6.07) is 10.8. The molecule has 30 heavy (non-hydrogen) atoms. The summed E-state index contributed by atoms with van der Waals surface area (Å²) in [5, 5.41) is 5.42. The van der Waals surface area contributed by atoms with Gasteiger partial charge in [-0.05, 0) is 49.6 Å². The van der Waals surface area contributed by atoms with Crippen LogP contribution >= 0.6 is 0 Å². The number of carbonyl (C=O) groups is 2. The molecular weight excluding hydrogens is 406 g/mol. The van der Waals surface area contributed by atoms with Crippen LogP contribution in [-0.2, 0) is 19.6 Å². The number of hydrogen-bond donors (Lipinski definition) is 2. The van der Waals surface area contributed by atoms with E-state index in [9.17, 15) is 18.0 Å². The molecule has 2 aromatic rings. The number of nitrogens with one attached hydrogen (secondary N) is 2. The van der Waals surface area contributed by atoms with Gasteiger partial charge in [0.1, 0.15) is 11.8 Å². The van der Waals surface area contributed by atoms with Gasteiger partial charge in [-0.1, -0.05) is 12.1 Å². The van der Waals surface area contributed by atoms with Crippen molar-refractivity contribution in [3.05, 3.63) is 48.0 Å². The molecule has 160 valence electrons. The van der Waals surface area contributed by atoms with Gasteiger partial charge < -0.3 is 15.4 Å². The summed E-state index contributed by atoms with van der Waals surface area (Å²) in [6.45, 7) is 3.38. The Morgan fingerprint density at radius 3 is 2.47 bits per heavy atom. The Bertz CT molecular complexity index is 1070. The van der Waals surface area contributed by atoms with Gasteiger partial charge in [-0.25, -0.2) is 8.42 Å². The highest BCUT2D eigenvalue weighted by molar-refractivity contribution is 7.89. The van der Waals surface area contributed by atoms with Crippen LogP contribution in [0.25, 0.3) is 0 Å². The van der Waals surface area contributed by atoms with Gasteiger partial charge in [-0.3, -0.25) is 9.59 Å². The minimum absolute atomic E-state index is 0.134. The number of anilines is 2. The second-order valence-electron chi connectivity index (χ2n) is 7.16. The first-order chi connectivity index (χ1) is 14.2. The van der Waals surface area contributed by atoms with Gasteiger partial charge in [0.15, 0.2) is 0 Å². The molecule has 1 fully saturated rings. The van der Waals surface area contributed by atoms with Crippen LogP contribution in [0.1, 0.15) is 25.3 Å². The van der Waals surface area contributed by atoms with E-state index < -0.39 is 22.0 Å². The van der Waals surface area contributed by atoms with E-state index in [2.05, 4.69) is 10.6 Å². The summed E-state index contributed by atoms with van der Waals surface area (Å²) >= 11 is 0. The maximum absolute atomic E-state index is 13.3. The normalized spacial score (nSPS) is 16.8. The van der Waals surface area contributed by atoms with Crippen molar-refractivity contribution in [2.75, 3.05) is 24.3 Å². The van der Waals surface area contributed by atoms with Crippen LogP contribution in [0.15, 0.2) is 47.4 Å². The van der Waals surface area contributed by atoms with Crippen molar-refractivity contribution in [2.45, 2.75) is 37.6 Å². The maximum atomic E-state index is 13.3. The Morgan fingerprint density at radius 1 is 1.10 bits per heavy atom. The Hall–Kier alpha value is -2.91. The van der Waals surface area contributed by atoms with E-state index in [1.165, 1.54) is 24.4 Å². The predicted octanol–water partition coefficient (Wildman–Crippen LogP) is 2.75. The molecule has 8 nitrogen and oxygen atoms in total. The van der Waals surface area contributed by atoms with Crippen LogP contribution in [0, 0.1) is 6.92 Å². The van der Waals surface area contributed by atoms with Gasteiger partial charge >= 0.3 is 0 Å². The van der Waals surface area contributed by atoms with Crippen molar-refractivity contribution in [3.63, 3.8) is 0 Å². The van der Waals surface area contributed by atoms with Crippen LogP contribution in [0.4, 0.5) is 11.4 Å². The molecule has 0 bridgehead atoms. The van der Waals surface area contributed by atoms with Crippen LogP contribution < -0.4 is 15.4 Å². The molecule has 1 aliphatic heterocycles. The average Bonchev–Trinajstić information content (AvgIpc) is 3.19. The molecule has 1 aliphatic rings. The van der Waals surface area contributed by atoms with Crippen LogP contribution in [0.2, 0.25) is 0 Å². The van der Waals surface area contributed by atoms with Crippen molar-refractivity contribution in [1.29, 1.82) is 0 Å². The summed E-state index contributed by atoms with van der Waals surface area (Å²) in [6.07, 6.45) is 1.02. The molecule has 1 heterocycles. The van der Waals surface area contributed by atoms with Gasteiger partial charge in [-0.15, -0.1) is 0 Å². The number of ether oxygens (including phenoxy) is 1. The molecule has 0 saturated carbocycles. The number of methoxy groups -OCH3 is 1. The predicted molar refractivity (Wildman–Crippen MR) is 114 cm³/mol. The highest BCUT2D eigenvalue weighted by Gasteiger charge is 2.40. The van der Waals surface area contributed by atoms with Crippen molar-refractivity contribution >= 4 is 33.2 Å². The van der Waals surface area contributed by atoms with Crippen molar-refractivity contribution in [2.24, 2.45) is 0 Å². The quantitative estimate of drug-likeness (QED) is 0.732. The maximum Gasteiger partial charge on any atom is 0.244 e. The number of nitrogens with zero attached hydrogens (tertiary/aromatic N) is 1. The molecule has 1 atom stereocenters. The Balaban J connectivity index is 1.83. The number of carbonyl (C=O) groups excluding carboxylic acids is 2. The fourth-order valence-corrected chi connectivity index (χ4v) is 5.40. The third-order valence-electron chi connectivity index (χ3n) is 4.94. The smallest absolute Gasteiger partial charge is 0.244 e. The third-order valence-corrected chi connectivity index (χ3v) is 6.99. The second kappa shape index (κ2) is 8.85. The van der Waals surface area contributed by atoms with E-state index in [0.717, 1.165) is 0 Å². The van der Waals surface area contributed by atoms with E-state index >= 15 is 0 Å². The lowest BCUT2D eigenvalue weighted by Gasteiger charge is -2.24. The number of sulfonamides is 1. The van der Waals surface area contributed by atoms with E-state index in [0.29, 0.717) is 35.5 Å². The lowest BCUT2D eigenvalue weighted by Crippen LogP contribution is -2.43. The van der Waals surface area contributed by atoms with E-state index in [-0.39, 0.29) is 17.3 Å². The number of hydrogen-bond acceptors (Lipinski definition) is 5. The second-order valence-corrected chi connectivity index (χ2v) is 9.02.